The number of carbonyl (C=O) groups is 1. The van der Waals surface area contributed by atoms with Crippen molar-refractivity contribution < 1.29 is 9.21 Å². The van der Waals surface area contributed by atoms with Gasteiger partial charge in [-0.05, 0) is 36.8 Å². The number of hydrogen-bond acceptors (Lipinski definition) is 4. The van der Waals surface area contributed by atoms with Crippen molar-refractivity contribution in [3.05, 3.63) is 59.0 Å². The van der Waals surface area contributed by atoms with Crippen LogP contribution in [0.15, 0.2) is 57.7 Å². The van der Waals surface area contributed by atoms with E-state index >= 15 is 0 Å². The zero-order valence-electron chi connectivity index (χ0n) is 14.3. The second-order valence-corrected chi connectivity index (χ2v) is 6.08. The molecule has 3 rings (SSSR count). The molecular weight excluding hydrogens is 316 g/mol. The molecule has 0 saturated heterocycles. The van der Waals surface area contributed by atoms with Crippen LogP contribution in [0.4, 0.5) is 5.69 Å². The number of nitrogens with one attached hydrogen (secondary N) is 1. The summed E-state index contributed by atoms with van der Waals surface area (Å²) in [5, 5.41) is 3.35. The Kier molecular flexibility index (Phi) is 4.93. The standard InChI is InChI=1S/C20H20N2O3/c1-3-7-13(2)18(23)21-15-9-6-8-14(12-15)19-22-17-11-5-4-10-16(17)20(24)25-19/h4-6,8-13H,3,7H2,1-2H3,(H,21,23). The number of anilines is 1. The molecule has 0 bridgehead atoms. The lowest BCUT2D eigenvalue weighted by Crippen LogP contribution is -2.20. The summed E-state index contributed by atoms with van der Waals surface area (Å²) in [6, 6.07) is 14.2. The average molecular weight is 336 g/mol. The summed E-state index contributed by atoms with van der Waals surface area (Å²) in [6.45, 7) is 3.96. The highest BCUT2D eigenvalue weighted by atomic mass is 16.4. The number of rotatable bonds is 5. The minimum absolute atomic E-state index is 0.0214. The van der Waals surface area contributed by atoms with Crippen LogP contribution in [0.3, 0.4) is 0 Å². The zero-order chi connectivity index (χ0) is 17.8. The van der Waals surface area contributed by atoms with Gasteiger partial charge in [-0.3, -0.25) is 4.79 Å². The van der Waals surface area contributed by atoms with Gasteiger partial charge >= 0.3 is 5.63 Å². The normalized spacial score (nSPS) is 12.1. The molecule has 25 heavy (non-hydrogen) atoms. The van der Waals surface area contributed by atoms with Crippen LogP contribution in [0.2, 0.25) is 0 Å². The molecule has 5 heteroatoms. The van der Waals surface area contributed by atoms with E-state index in [1.54, 1.807) is 42.5 Å². The third-order valence-electron chi connectivity index (χ3n) is 4.08. The molecule has 1 atom stereocenters. The predicted molar refractivity (Wildman–Crippen MR) is 98.4 cm³/mol. The Hall–Kier alpha value is -2.95. The van der Waals surface area contributed by atoms with Gasteiger partial charge < -0.3 is 9.73 Å². The molecule has 1 N–H and O–H groups in total. The molecule has 3 aromatic rings. The second-order valence-electron chi connectivity index (χ2n) is 6.08. The number of para-hydroxylation sites is 1. The molecule has 0 fully saturated rings. The summed E-state index contributed by atoms with van der Waals surface area (Å²) in [4.78, 5) is 28.7. The highest BCUT2D eigenvalue weighted by Crippen LogP contribution is 2.22. The Morgan fingerprint density at radius 1 is 1.20 bits per heavy atom. The SMILES string of the molecule is CCCC(C)C(=O)Nc1cccc(-c2nc3ccccc3c(=O)o2)c1. The van der Waals surface area contributed by atoms with Gasteiger partial charge in [-0.25, -0.2) is 9.78 Å². The van der Waals surface area contributed by atoms with E-state index in [0.717, 1.165) is 12.8 Å². The van der Waals surface area contributed by atoms with Crippen molar-refractivity contribution in [2.75, 3.05) is 5.32 Å². The van der Waals surface area contributed by atoms with Gasteiger partial charge in [0, 0.05) is 17.2 Å². The van der Waals surface area contributed by atoms with E-state index in [0.29, 0.717) is 22.2 Å². The van der Waals surface area contributed by atoms with E-state index in [4.69, 9.17) is 4.42 Å². The maximum Gasteiger partial charge on any atom is 0.347 e. The molecule has 0 aliphatic carbocycles. The molecule has 2 aromatic carbocycles. The Balaban J connectivity index is 1.92. The molecule has 1 heterocycles. The van der Waals surface area contributed by atoms with Gasteiger partial charge in [-0.15, -0.1) is 0 Å². The first-order valence-corrected chi connectivity index (χ1v) is 8.39. The number of amides is 1. The number of benzene rings is 2. The number of fused-ring (bicyclic) bond motifs is 1. The van der Waals surface area contributed by atoms with E-state index in [-0.39, 0.29) is 17.7 Å². The van der Waals surface area contributed by atoms with E-state index in [9.17, 15) is 9.59 Å². The molecule has 1 aromatic heterocycles. The first-order valence-electron chi connectivity index (χ1n) is 8.39. The summed E-state index contributed by atoms with van der Waals surface area (Å²) in [5.41, 5.74) is 1.46. The van der Waals surface area contributed by atoms with Crippen molar-refractivity contribution in [2.45, 2.75) is 26.7 Å². The van der Waals surface area contributed by atoms with Crippen LogP contribution < -0.4 is 10.9 Å². The first kappa shape index (κ1) is 16.9. The fourth-order valence-electron chi connectivity index (χ4n) is 2.70. The van der Waals surface area contributed by atoms with E-state index in [1.165, 1.54) is 0 Å². The Bertz CT molecular complexity index is 962. The molecule has 0 radical (unpaired) electrons. The lowest BCUT2D eigenvalue weighted by atomic mass is 10.1. The quantitative estimate of drug-likeness (QED) is 0.757. The molecule has 1 unspecified atom stereocenters. The smallest absolute Gasteiger partial charge is 0.347 e. The van der Waals surface area contributed by atoms with Crippen molar-refractivity contribution in [1.29, 1.82) is 0 Å². The van der Waals surface area contributed by atoms with Crippen molar-refractivity contribution in [1.82, 2.24) is 4.98 Å². The lowest BCUT2D eigenvalue weighted by Gasteiger charge is -2.11. The summed E-state index contributed by atoms with van der Waals surface area (Å²) in [7, 11) is 0. The van der Waals surface area contributed by atoms with Crippen molar-refractivity contribution in [3.63, 3.8) is 0 Å². The molecule has 0 aliphatic rings. The van der Waals surface area contributed by atoms with Gasteiger partial charge in [0.15, 0.2) is 0 Å². The Morgan fingerprint density at radius 2 is 2.00 bits per heavy atom. The van der Waals surface area contributed by atoms with E-state index in [1.807, 2.05) is 13.0 Å². The van der Waals surface area contributed by atoms with Crippen LogP contribution in [0.1, 0.15) is 26.7 Å². The highest BCUT2D eigenvalue weighted by Gasteiger charge is 2.13. The minimum Gasteiger partial charge on any atom is -0.403 e. The zero-order valence-corrected chi connectivity index (χ0v) is 14.3. The maximum atomic E-state index is 12.2. The van der Waals surface area contributed by atoms with Gasteiger partial charge in [0.1, 0.15) is 0 Å². The van der Waals surface area contributed by atoms with Crippen LogP contribution in [0.25, 0.3) is 22.4 Å². The maximum absolute atomic E-state index is 12.2. The van der Waals surface area contributed by atoms with Gasteiger partial charge in [0.2, 0.25) is 11.8 Å². The lowest BCUT2D eigenvalue weighted by molar-refractivity contribution is -0.119. The monoisotopic (exact) mass is 336 g/mol. The van der Waals surface area contributed by atoms with Crippen LogP contribution in [0.5, 0.6) is 0 Å². The van der Waals surface area contributed by atoms with Gasteiger partial charge in [-0.2, -0.15) is 0 Å². The predicted octanol–water partition coefficient (Wildman–Crippen LogP) is 4.23. The average Bonchev–Trinajstić information content (AvgIpc) is 2.62. The van der Waals surface area contributed by atoms with Crippen molar-refractivity contribution in [2.24, 2.45) is 5.92 Å². The molecule has 0 spiro atoms. The number of hydrogen-bond donors (Lipinski definition) is 1. The van der Waals surface area contributed by atoms with Crippen LogP contribution in [-0.4, -0.2) is 10.9 Å². The summed E-state index contributed by atoms with van der Waals surface area (Å²) >= 11 is 0. The largest absolute Gasteiger partial charge is 0.403 e. The Labute approximate surface area is 145 Å². The van der Waals surface area contributed by atoms with E-state index in [2.05, 4.69) is 17.2 Å². The van der Waals surface area contributed by atoms with Crippen LogP contribution in [0, 0.1) is 5.92 Å². The summed E-state index contributed by atoms with van der Waals surface area (Å²) < 4.78 is 5.34. The summed E-state index contributed by atoms with van der Waals surface area (Å²) in [5.74, 6) is 0.165. The first-order chi connectivity index (χ1) is 12.1. The molecule has 1 amide bonds. The molecular formula is C20H20N2O3. The number of carbonyl (C=O) groups excluding carboxylic acids is 1. The molecule has 128 valence electrons. The van der Waals surface area contributed by atoms with Crippen molar-refractivity contribution in [3.8, 4) is 11.5 Å². The minimum atomic E-state index is -0.424. The molecule has 0 aliphatic heterocycles. The number of nitrogens with zero attached hydrogens (tertiary/aromatic N) is 1. The summed E-state index contributed by atoms with van der Waals surface area (Å²) in [6.07, 6.45) is 1.80. The third-order valence-corrected chi connectivity index (χ3v) is 4.08. The van der Waals surface area contributed by atoms with Gasteiger partial charge in [0.25, 0.3) is 0 Å². The molecule has 5 nitrogen and oxygen atoms in total. The van der Waals surface area contributed by atoms with Gasteiger partial charge in [0.05, 0.1) is 10.9 Å². The van der Waals surface area contributed by atoms with E-state index < -0.39 is 5.63 Å². The van der Waals surface area contributed by atoms with Crippen LogP contribution >= 0.6 is 0 Å². The van der Waals surface area contributed by atoms with Crippen LogP contribution in [-0.2, 0) is 4.79 Å². The fraction of sp³-hybridized carbons (Fsp3) is 0.250. The molecule has 0 saturated carbocycles. The van der Waals surface area contributed by atoms with Gasteiger partial charge in [-0.1, -0.05) is 38.5 Å². The fourth-order valence-corrected chi connectivity index (χ4v) is 2.70. The second kappa shape index (κ2) is 7.30. The Morgan fingerprint density at radius 3 is 2.80 bits per heavy atom. The number of aromatic nitrogens is 1. The highest BCUT2D eigenvalue weighted by molar-refractivity contribution is 5.92. The third kappa shape index (κ3) is 3.76. The topological polar surface area (TPSA) is 72.2 Å². The van der Waals surface area contributed by atoms with Crippen molar-refractivity contribution >= 4 is 22.5 Å².